The van der Waals surface area contributed by atoms with Crippen LogP contribution in [0.3, 0.4) is 0 Å². The zero-order valence-corrected chi connectivity index (χ0v) is 12.8. The van der Waals surface area contributed by atoms with Crippen LogP contribution in [0.2, 0.25) is 0 Å². The molecule has 118 valence electrons. The average molecular weight is 300 g/mol. The topological polar surface area (TPSA) is 56.5 Å². The summed E-state index contributed by atoms with van der Waals surface area (Å²) < 4.78 is 11.5. The molecular formula is C18H24N2O2. The molecule has 0 aliphatic rings. The third-order valence-electron chi connectivity index (χ3n) is 3.20. The summed E-state index contributed by atoms with van der Waals surface area (Å²) in [7, 11) is 0. The summed E-state index contributed by atoms with van der Waals surface area (Å²) >= 11 is 0. The molecule has 0 aromatic heterocycles. The molecule has 2 aromatic carbocycles. The number of nitrogens with two attached hydrogens (primary N) is 1. The first-order chi connectivity index (χ1) is 10.9. The second-order valence-electron chi connectivity index (χ2n) is 4.94. The van der Waals surface area contributed by atoms with Gasteiger partial charge in [0.05, 0.1) is 0 Å². The summed E-state index contributed by atoms with van der Waals surface area (Å²) in [6.45, 7) is 3.47. The van der Waals surface area contributed by atoms with E-state index in [4.69, 9.17) is 15.2 Å². The largest absolute Gasteiger partial charge is 0.490 e. The van der Waals surface area contributed by atoms with Crippen LogP contribution in [0.1, 0.15) is 12.0 Å². The number of hydrogen-bond donors (Lipinski definition) is 2. The summed E-state index contributed by atoms with van der Waals surface area (Å²) in [4.78, 5) is 0. The minimum atomic E-state index is 0.523. The van der Waals surface area contributed by atoms with Gasteiger partial charge in [-0.3, -0.25) is 0 Å². The molecule has 0 aliphatic heterocycles. The van der Waals surface area contributed by atoms with Crippen LogP contribution in [0.25, 0.3) is 0 Å². The Morgan fingerprint density at radius 3 is 2.41 bits per heavy atom. The highest BCUT2D eigenvalue weighted by Gasteiger charge is 2.02. The summed E-state index contributed by atoms with van der Waals surface area (Å²) in [6, 6.07) is 17.8. The van der Waals surface area contributed by atoms with Crippen molar-refractivity contribution >= 4 is 0 Å². The second kappa shape index (κ2) is 9.82. The maximum Gasteiger partial charge on any atom is 0.123 e. The number of hydrogen-bond acceptors (Lipinski definition) is 4. The highest BCUT2D eigenvalue weighted by molar-refractivity contribution is 5.33. The first-order valence-electron chi connectivity index (χ1n) is 7.69. The number of benzene rings is 2. The average Bonchev–Trinajstić information content (AvgIpc) is 2.57. The van der Waals surface area contributed by atoms with Crippen molar-refractivity contribution in [1.29, 1.82) is 0 Å². The number of ether oxygens (including phenoxy) is 2. The molecule has 0 saturated heterocycles. The number of para-hydroxylation sites is 2. The normalized spacial score (nSPS) is 10.4. The maximum absolute atomic E-state index is 5.83. The lowest BCUT2D eigenvalue weighted by Crippen LogP contribution is -2.18. The Morgan fingerprint density at radius 1 is 0.864 bits per heavy atom. The molecule has 0 radical (unpaired) electrons. The van der Waals surface area contributed by atoms with Crippen molar-refractivity contribution in [3.8, 4) is 11.5 Å². The van der Waals surface area contributed by atoms with Crippen LogP contribution in [0.5, 0.6) is 11.5 Å². The number of nitrogens with one attached hydrogen (secondary N) is 1. The molecule has 0 fully saturated rings. The van der Waals surface area contributed by atoms with Crippen molar-refractivity contribution in [2.45, 2.75) is 13.0 Å². The summed E-state index contributed by atoms with van der Waals surface area (Å²) in [5.41, 5.74) is 6.64. The molecule has 0 amide bonds. The lowest BCUT2D eigenvalue weighted by molar-refractivity contribution is 0.215. The molecule has 0 bridgehead atoms. The second-order valence-corrected chi connectivity index (χ2v) is 4.94. The van der Waals surface area contributed by atoms with Crippen LogP contribution in [-0.2, 0) is 6.54 Å². The molecule has 4 nitrogen and oxygen atoms in total. The van der Waals surface area contributed by atoms with Crippen molar-refractivity contribution in [2.24, 2.45) is 5.73 Å². The van der Waals surface area contributed by atoms with Gasteiger partial charge in [-0.25, -0.2) is 0 Å². The maximum atomic E-state index is 5.83. The van der Waals surface area contributed by atoms with E-state index in [1.165, 1.54) is 0 Å². The van der Waals surface area contributed by atoms with E-state index in [-0.39, 0.29) is 0 Å². The SMILES string of the molecule is NCCCNCc1ccccc1OCCOc1ccccc1. The molecule has 22 heavy (non-hydrogen) atoms. The Balaban J connectivity index is 1.74. The minimum absolute atomic E-state index is 0.523. The van der Waals surface area contributed by atoms with Crippen molar-refractivity contribution < 1.29 is 9.47 Å². The highest BCUT2D eigenvalue weighted by Crippen LogP contribution is 2.17. The Labute approximate surface area is 132 Å². The molecule has 2 aromatic rings. The van der Waals surface area contributed by atoms with E-state index in [1.807, 2.05) is 48.5 Å². The van der Waals surface area contributed by atoms with E-state index < -0.39 is 0 Å². The zero-order valence-electron chi connectivity index (χ0n) is 12.8. The van der Waals surface area contributed by atoms with Crippen molar-refractivity contribution in [2.75, 3.05) is 26.3 Å². The third-order valence-corrected chi connectivity index (χ3v) is 3.20. The Hall–Kier alpha value is -2.04. The zero-order chi connectivity index (χ0) is 15.5. The van der Waals surface area contributed by atoms with Gasteiger partial charge in [0.15, 0.2) is 0 Å². The molecule has 0 aliphatic carbocycles. The molecule has 0 atom stereocenters. The third kappa shape index (κ3) is 5.76. The van der Waals surface area contributed by atoms with Gasteiger partial charge in [-0.2, -0.15) is 0 Å². The van der Waals surface area contributed by atoms with E-state index in [1.54, 1.807) is 0 Å². The van der Waals surface area contributed by atoms with Crippen molar-refractivity contribution in [3.63, 3.8) is 0 Å². The number of rotatable bonds is 10. The van der Waals surface area contributed by atoms with Crippen LogP contribution in [0.15, 0.2) is 54.6 Å². The van der Waals surface area contributed by atoms with Crippen LogP contribution >= 0.6 is 0 Å². The summed E-state index contributed by atoms with van der Waals surface area (Å²) in [5.74, 6) is 1.77. The first-order valence-corrected chi connectivity index (χ1v) is 7.69. The Kier molecular flexibility index (Phi) is 7.29. The highest BCUT2D eigenvalue weighted by atomic mass is 16.5. The molecule has 0 spiro atoms. The fourth-order valence-corrected chi connectivity index (χ4v) is 2.07. The quantitative estimate of drug-likeness (QED) is 0.662. The molecule has 0 heterocycles. The van der Waals surface area contributed by atoms with Crippen LogP contribution in [-0.4, -0.2) is 26.3 Å². The van der Waals surface area contributed by atoms with Gasteiger partial charge in [-0.05, 0) is 37.7 Å². The van der Waals surface area contributed by atoms with Gasteiger partial charge in [0.2, 0.25) is 0 Å². The fourth-order valence-electron chi connectivity index (χ4n) is 2.07. The van der Waals surface area contributed by atoms with Gasteiger partial charge in [0.25, 0.3) is 0 Å². The predicted octanol–water partition coefficient (Wildman–Crippen LogP) is 2.58. The van der Waals surface area contributed by atoms with Crippen LogP contribution in [0.4, 0.5) is 0 Å². The van der Waals surface area contributed by atoms with Crippen LogP contribution in [0, 0.1) is 0 Å². The minimum Gasteiger partial charge on any atom is -0.490 e. The lowest BCUT2D eigenvalue weighted by Gasteiger charge is -2.12. The Morgan fingerprint density at radius 2 is 1.59 bits per heavy atom. The Bertz CT molecular complexity index is 532. The van der Waals surface area contributed by atoms with Gasteiger partial charge in [0, 0.05) is 12.1 Å². The molecule has 4 heteroatoms. The van der Waals surface area contributed by atoms with Crippen molar-refractivity contribution in [3.05, 3.63) is 60.2 Å². The standard InChI is InChI=1S/C18H24N2O2/c19-11-6-12-20-15-16-7-4-5-10-18(16)22-14-13-21-17-8-2-1-3-9-17/h1-5,7-10,20H,6,11-15,19H2. The smallest absolute Gasteiger partial charge is 0.123 e. The molecule has 0 saturated carbocycles. The van der Waals surface area contributed by atoms with Crippen LogP contribution < -0.4 is 20.5 Å². The summed E-state index contributed by atoms with van der Waals surface area (Å²) in [6.07, 6.45) is 0.980. The molecule has 2 rings (SSSR count). The molecular weight excluding hydrogens is 276 g/mol. The van der Waals surface area contributed by atoms with Gasteiger partial charge >= 0.3 is 0 Å². The van der Waals surface area contributed by atoms with E-state index in [2.05, 4.69) is 11.4 Å². The van der Waals surface area contributed by atoms with E-state index in [9.17, 15) is 0 Å². The van der Waals surface area contributed by atoms with Gasteiger partial charge < -0.3 is 20.5 Å². The van der Waals surface area contributed by atoms with Gasteiger partial charge in [-0.15, -0.1) is 0 Å². The van der Waals surface area contributed by atoms with Gasteiger partial charge in [-0.1, -0.05) is 36.4 Å². The molecule has 3 N–H and O–H groups in total. The lowest BCUT2D eigenvalue weighted by atomic mass is 10.2. The molecule has 0 unspecified atom stereocenters. The van der Waals surface area contributed by atoms with E-state index in [0.717, 1.165) is 36.6 Å². The summed E-state index contributed by atoms with van der Waals surface area (Å²) in [5, 5.41) is 3.37. The van der Waals surface area contributed by atoms with E-state index in [0.29, 0.717) is 19.8 Å². The fraction of sp³-hybridized carbons (Fsp3) is 0.333. The van der Waals surface area contributed by atoms with Crippen molar-refractivity contribution in [1.82, 2.24) is 5.32 Å². The van der Waals surface area contributed by atoms with Gasteiger partial charge in [0.1, 0.15) is 24.7 Å². The predicted molar refractivity (Wildman–Crippen MR) is 89.3 cm³/mol. The first kappa shape index (κ1) is 16.3. The monoisotopic (exact) mass is 300 g/mol. The van der Waals surface area contributed by atoms with E-state index >= 15 is 0 Å².